The number of nitrogens with one attached hydrogen (secondary N) is 1. The molecule has 19 heavy (non-hydrogen) atoms. The van der Waals surface area contributed by atoms with Crippen LogP contribution in [0, 0.1) is 0 Å². The van der Waals surface area contributed by atoms with Crippen LogP contribution in [0.5, 0.6) is 5.75 Å². The van der Waals surface area contributed by atoms with Gasteiger partial charge in [0, 0.05) is 5.39 Å². The van der Waals surface area contributed by atoms with Gasteiger partial charge in [-0.1, -0.05) is 0 Å². The van der Waals surface area contributed by atoms with Crippen molar-refractivity contribution in [3.05, 3.63) is 39.7 Å². The smallest absolute Gasteiger partial charge is 0.337 e. The van der Waals surface area contributed by atoms with Crippen molar-refractivity contribution in [2.24, 2.45) is 0 Å². The summed E-state index contributed by atoms with van der Waals surface area (Å²) >= 11 is 0. The number of rotatable bonds is 2. The highest BCUT2D eigenvalue weighted by Gasteiger charge is 2.16. The predicted octanol–water partition coefficient (Wildman–Crippen LogP) is 1.22. The molecule has 0 atom stereocenters. The van der Waals surface area contributed by atoms with E-state index in [0.29, 0.717) is 0 Å². The second kappa shape index (κ2) is 4.56. The van der Waals surface area contributed by atoms with E-state index in [2.05, 4.69) is 9.72 Å². The van der Waals surface area contributed by atoms with Crippen LogP contribution >= 0.6 is 0 Å². The summed E-state index contributed by atoms with van der Waals surface area (Å²) in [5.41, 5.74) is -0.492. The van der Waals surface area contributed by atoms with E-state index in [9.17, 15) is 19.5 Å². The molecule has 0 amide bonds. The van der Waals surface area contributed by atoms with Gasteiger partial charge in [0.25, 0.3) is 5.56 Å². The molecule has 0 aliphatic heterocycles. The van der Waals surface area contributed by atoms with Crippen molar-refractivity contribution < 1.29 is 19.4 Å². The zero-order valence-corrected chi connectivity index (χ0v) is 10.3. The number of ketones is 1. The van der Waals surface area contributed by atoms with Gasteiger partial charge in [-0.05, 0) is 25.1 Å². The number of hydrogen-bond donors (Lipinski definition) is 2. The Morgan fingerprint density at radius 3 is 2.58 bits per heavy atom. The number of hydrogen-bond acceptors (Lipinski definition) is 5. The highest BCUT2D eigenvalue weighted by atomic mass is 16.5. The van der Waals surface area contributed by atoms with Gasteiger partial charge in [0.05, 0.1) is 18.2 Å². The van der Waals surface area contributed by atoms with Crippen LogP contribution in [0.3, 0.4) is 0 Å². The number of methoxy groups -OCH3 is 1. The quantitative estimate of drug-likeness (QED) is 0.626. The summed E-state index contributed by atoms with van der Waals surface area (Å²) in [7, 11) is 1.24. The van der Waals surface area contributed by atoms with Crippen molar-refractivity contribution >= 4 is 22.7 Å². The number of pyridine rings is 1. The lowest BCUT2D eigenvalue weighted by atomic mass is 10.1. The van der Waals surface area contributed by atoms with Crippen LogP contribution < -0.4 is 5.56 Å². The van der Waals surface area contributed by atoms with Crippen molar-refractivity contribution in [1.82, 2.24) is 4.98 Å². The molecule has 0 aliphatic carbocycles. The van der Waals surface area contributed by atoms with E-state index in [1.54, 1.807) is 0 Å². The lowest BCUT2D eigenvalue weighted by Crippen LogP contribution is -2.16. The zero-order chi connectivity index (χ0) is 14.2. The Morgan fingerprint density at radius 1 is 1.32 bits per heavy atom. The van der Waals surface area contributed by atoms with E-state index in [0.717, 1.165) is 0 Å². The van der Waals surface area contributed by atoms with Crippen LogP contribution in [-0.2, 0) is 4.74 Å². The number of fused-ring (bicyclic) bond motifs is 1. The van der Waals surface area contributed by atoms with E-state index < -0.39 is 17.3 Å². The molecule has 6 heteroatoms. The molecular weight excluding hydrogens is 250 g/mol. The van der Waals surface area contributed by atoms with Gasteiger partial charge >= 0.3 is 5.97 Å². The topological polar surface area (TPSA) is 96.5 Å². The first-order valence-corrected chi connectivity index (χ1v) is 5.44. The van der Waals surface area contributed by atoms with E-state index >= 15 is 0 Å². The average Bonchev–Trinajstić information content (AvgIpc) is 2.36. The number of aromatic nitrogens is 1. The number of carbonyl (C=O) groups excluding carboxylic acids is 2. The van der Waals surface area contributed by atoms with E-state index in [1.165, 1.54) is 32.2 Å². The van der Waals surface area contributed by atoms with Crippen molar-refractivity contribution in [2.75, 3.05) is 7.11 Å². The fraction of sp³-hybridized carbons (Fsp3) is 0.154. The number of ether oxygens (including phenoxy) is 1. The minimum atomic E-state index is -0.695. The van der Waals surface area contributed by atoms with Crippen LogP contribution in [-0.4, -0.2) is 29.0 Å². The van der Waals surface area contributed by atoms with E-state index in [-0.39, 0.29) is 27.8 Å². The summed E-state index contributed by atoms with van der Waals surface area (Å²) in [6, 6.07) is 4.27. The standard InChI is InChI=1S/C13H11NO5/c1-6(15)10-11(16)8-4-3-7(13(18)19-2)5-9(8)14-12(10)17/h3-5H,1-2H3,(H2,14,16,17). The molecule has 1 aromatic heterocycles. The Hall–Kier alpha value is -2.63. The lowest BCUT2D eigenvalue weighted by molar-refractivity contribution is 0.0600. The number of esters is 1. The van der Waals surface area contributed by atoms with Gasteiger partial charge in [-0.15, -0.1) is 0 Å². The molecule has 2 N–H and O–H groups in total. The largest absolute Gasteiger partial charge is 0.506 e. The van der Waals surface area contributed by atoms with E-state index in [1.807, 2.05) is 0 Å². The molecule has 98 valence electrons. The maximum absolute atomic E-state index is 11.7. The molecule has 0 fully saturated rings. The highest BCUT2D eigenvalue weighted by molar-refractivity contribution is 6.03. The summed E-state index contributed by atoms with van der Waals surface area (Å²) in [6.07, 6.45) is 0. The molecule has 0 saturated heterocycles. The second-order valence-electron chi connectivity index (χ2n) is 3.99. The molecule has 2 aromatic rings. The number of aromatic hydroxyl groups is 1. The van der Waals surface area contributed by atoms with Gasteiger partial charge in [-0.25, -0.2) is 4.79 Å². The van der Waals surface area contributed by atoms with Gasteiger partial charge in [0.2, 0.25) is 0 Å². The Bertz CT molecular complexity index is 745. The van der Waals surface area contributed by atoms with Crippen molar-refractivity contribution in [3.63, 3.8) is 0 Å². The molecule has 0 aliphatic rings. The van der Waals surface area contributed by atoms with Gasteiger partial charge in [0.15, 0.2) is 5.78 Å². The van der Waals surface area contributed by atoms with Crippen molar-refractivity contribution in [1.29, 1.82) is 0 Å². The minimum absolute atomic E-state index is 0.237. The van der Waals surface area contributed by atoms with Gasteiger partial charge in [0.1, 0.15) is 11.3 Å². The fourth-order valence-electron chi connectivity index (χ4n) is 1.85. The molecule has 0 radical (unpaired) electrons. The zero-order valence-electron chi connectivity index (χ0n) is 10.3. The molecule has 0 saturated carbocycles. The maximum Gasteiger partial charge on any atom is 0.337 e. The first-order chi connectivity index (χ1) is 8.95. The van der Waals surface area contributed by atoms with E-state index in [4.69, 9.17) is 0 Å². The molecular formula is C13H11NO5. The summed E-state index contributed by atoms with van der Waals surface area (Å²) < 4.78 is 4.56. The van der Waals surface area contributed by atoms with Gasteiger partial charge in [-0.2, -0.15) is 0 Å². The summed E-state index contributed by atoms with van der Waals surface area (Å²) in [5.74, 6) is -1.47. The average molecular weight is 261 g/mol. The Labute approximate surface area is 107 Å². The third-order valence-corrected chi connectivity index (χ3v) is 2.76. The number of benzene rings is 1. The van der Waals surface area contributed by atoms with Crippen LogP contribution in [0.4, 0.5) is 0 Å². The van der Waals surface area contributed by atoms with Crippen LogP contribution in [0.15, 0.2) is 23.0 Å². The Balaban J connectivity index is 2.78. The molecule has 1 heterocycles. The second-order valence-corrected chi connectivity index (χ2v) is 3.99. The normalized spacial score (nSPS) is 10.4. The van der Waals surface area contributed by atoms with Gasteiger partial charge in [-0.3, -0.25) is 9.59 Å². The number of aromatic amines is 1. The van der Waals surface area contributed by atoms with Gasteiger partial charge < -0.3 is 14.8 Å². The highest BCUT2D eigenvalue weighted by Crippen LogP contribution is 2.25. The lowest BCUT2D eigenvalue weighted by Gasteiger charge is -2.06. The third-order valence-electron chi connectivity index (χ3n) is 2.76. The summed E-state index contributed by atoms with van der Waals surface area (Å²) in [4.78, 5) is 36.8. The van der Waals surface area contributed by atoms with Crippen LogP contribution in [0.1, 0.15) is 27.6 Å². The molecule has 0 spiro atoms. The van der Waals surface area contributed by atoms with Crippen LogP contribution in [0.2, 0.25) is 0 Å². The number of H-pyrrole nitrogens is 1. The van der Waals surface area contributed by atoms with Crippen LogP contribution in [0.25, 0.3) is 10.9 Å². The Kier molecular flexibility index (Phi) is 3.08. The SMILES string of the molecule is COC(=O)c1ccc2c(O)c(C(C)=O)c(=O)[nH]c2c1. The number of Topliss-reactive ketones (excluding diaryl/α,β-unsaturated/α-hetero) is 1. The predicted molar refractivity (Wildman–Crippen MR) is 67.6 cm³/mol. The molecule has 6 nitrogen and oxygen atoms in total. The Morgan fingerprint density at radius 2 is 2.00 bits per heavy atom. The molecule has 1 aromatic carbocycles. The first kappa shape index (κ1) is 12.8. The van der Waals surface area contributed by atoms with Crippen molar-refractivity contribution in [3.8, 4) is 5.75 Å². The molecule has 0 unspecified atom stereocenters. The summed E-state index contributed by atoms with van der Waals surface area (Å²) in [6.45, 7) is 1.19. The minimum Gasteiger partial charge on any atom is -0.506 e. The molecule has 2 rings (SSSR count). The fourth-order valence-corrected chi connectivity index (χ4v) is 1.85. The third kappa shape index (κ3) is 2.08. The monoisotopic (exact) mass is 261 g/mol. The maximum atomic E-state index is 11.7. The molecule has 0 bridgehead atoms. The number of carbonyl (C=O) groups is 2. The first-order valence-electron chi connectivity index (χ1n) is 5.44. The summed E-state index contributed by atoms with van der Waals surface area (Å²) in [5, 5.41) is 10.2. The van der Waals surface area contributed by atoms with Crippen molar-refractivity contribution in [2.45, 2.75) is 6.92 Å².